The molecule has 1 aliphatic carbocycles. The highest BCUT2D eigenvalue weighted by Crippen LogP contribution is 2.41. The lowest BCUT2D eigenvalue weighted by atomic mass is 10.1. The molecule has 1 saturated carbocycles. The van der Waals surface area contributed by atoms with Crippen LogP contribution in [0.15, 0.2) is 54.7 Å². The van der Waals surface area contributed by atoms with Crippen molar-refractivity contribution in [1.82, 2.24) is 4.98 Å². The summed E-state index contributed by atoms with van der Waals surface area (Å²) in [4.78, 5) is 18.1. The van der Waals surface area contributed by atoms with Crippen LogP contribution in [0.2, 0.25) is 0 Å². The number of carbonyl (C=O) groups is 1. The van der Waals surface area contributed by atoms with Crippen LogP contribution in [0.3, 0.4) is 0 Å². The third kappa shape index (κ3) is 4.73. The van der Waals surface area contributed by atoms with Gasteiger partial charge in [0.15, 0.2) is 5.13 Å². The quantitative estimate of drug-likeness (QED) is 0.500. The van der Waals surface area contributed by atoms with Crippen molar-refractivity contribution in [3.05, 3.63) is 65.9 Å². The Bertz CT molecular complexity index is 1050. The van der Waals surface area contributed by atoms with Crippen LogP contribution in [-0.4, -0.2) is 18.1 Å². The molecule has 1 heterocycles. The monoisotopic (exact) mass is 433 g/mol. The molecule has 0 bridgehead atoms. The molecule has 0 spiro atoms. The molecule has 0 saturated heterocycles. The van der Waals surface area contributed by atoms with Gasteiger partial charge in [0.1, 0.15) is 5.75 Å². The zero-order valence-corrected chi connectivity index (χ0v) is 16.8. The van der Waals surface area contributed by atoms with Gasteiger partial charge in [-0.25, -0.2) is 9.78 Å². The Labute approximate surface area is 175 Å². The first-order valence-corrected chi connectivity index (χ1v) is 10.1. The molecular weight excluding hydrogens is 415 g/mol. The predicted molar refractivity (Wildman–Crippen MR) is 109 cm³/mol. The number of benzene rings is 2. The summed E-state index contributed by atoms with van der Waals surface area (Å²) >= 11 is 1.08. The van der Waals surface area contributed by atoms with E-state index < -0.39 is 11.7 Å². The molecule has 30 heavy (non-hydrogen) atoms. The van der Waals surface area contributed by atoms with Crippen molar-refractivity contribution in [2.45, 2.75) is 24.9 Å². The van der Waals surface area contributed by atoms with Crippen LogP contribution in [0.25, 0.3) is 0 Å². The maximum absolute atomic E-state index is 12.6. The van der Waals surface area contributed by atoms with E-state index in [0.717, 1.165) is 29.2 Å². The summed E-state index contributed by atoms with van der Waals surface area (Å²) in [6.07, 6.45) is -0.628. The summed E-state index contributed by atoms with van der Waals surface area (Å²) in [5.41, 5.74) is 1.27. The summed E-state index contributed by atoms with van der Waals surface area (Å²) < 4.78 is 43.4. The highest BCUT2D eigenvalue weighted by molar-refractivity contribution is 7.17. The fraction of sp³-hybridized carbons (Fsp3) is 0.238. The van der Waals surface area contributed by atoms with Gasteiger partial charge in [-0.05, 0) is 60.7 Å². The van der Waals surface area contributed by atoms with Gasteiger partial charge < -0.3 is 4.74 Å². The summed E-state index contributed by atoms with van der Waals surface area (Å²) in [5, 5.41) is 3.38. The minimum atomic E-state index is -4.40. The third-order valence-electron chi connectivity index (χ3n) is 4.71. The first-order chi connectivity index (χ1) is 14.3. The van der Waals surface area contributed by atoms with Gasteiger partial charge in [0.2, 0.25) is 5.06 Å². The molecule has 0 unspecified atom stereocenters. The van der Waals surface area contributed by atoms with Gasteiger partial charge in [0.05, 0.1) is 11.8 Å². The summed E-state index contributed by atoms with van der Waals surface area (Å²) in [6, 6.07) is 11.9. The number of nitrogens with one attached hydrogen (secondary N) is 1. The topological polar surface area (TPSA) is 54.5 Å². The largest absolute Gasteiger partial charge is 0.445 e. The lowest BCUT2D eigenvalue weighted by Gasteiger charge is -2.18. The van der Waals surface area contributed by atoms with Crippen molar-refractivity contribution in [2.75, 3.05) is 17.3 Å². The van der Waals surface area contributed by atoms with E-state index in [1.165, 1.54) is 41.6 Å². The Morgan fingerprint density at radius 1 is 1.20 bits per heavy atom. The minimum absolute atomic E-state index is 0.249. The number of halogens is 3. The molecule has 2 aromatic carbocycles. The second-order valence-corrected chi connectivity index (χ2v) is 7.96. The third-order valence-corrected chi connectivity index (χ3v) is 5.50. The number of hydrogen-bond donors (Lipinski definition) is 1. The van der Waals surface area contributed by atoms with E-state index in [0.29, 0.717) is 16.1 Å². The predicted octanol–water partition coefficient (Wildman–Crippen LogP) is 6.50. The standard InChI is InChI=1S/C21H18F3N3O2S/c1-27(16-4-2-3-14(11-16)13-5-6-13)20(28)26-19-25-12-18(30-19)29-17-9-7-15(8-10-17)21(22,23)24/h2-4,7-13H,5-6H2,1H3,(H,25,26,28). The Morgan fingerprint density at radius 3 is 2.60 bits per heavy atom. The van der Waals surface area contributed by atoms with Crippen LogP contribution in [0, 0.1) is 0 Å². The number of urea groups is 1. The van der Waals surface area contributed by atoms with Gasteiger partial charge in [0, 0.05) is 12.7 Å². The molecule has 4 rings (SSSR count). The fourth-order valence-corrected chi connectivity index (χ4v) is 3.57. The van der Waals surface area contributed by atoms with Gasteiger partial charge >= 0.3 is 12.2 Å². The van der Waals surface area contributed by atoms with Crippen LogP contribution in [0.1, 0.15) is 29.9 Å². The number of ether oxygens (including phenoxy) is 1. The van der Waals surface area contributed by atoms with Crippen molar-refractivity contribution in [2.24, 2.45) is 0 Å². The summed E-state index contributed by atoms with van der Waals surface area (Å²) in [5.74, 6) is 0.837. The summed E-state index contributed by atoms with van der Waals surface area (Å²) in [6.45, 7) is 0. The number of carbonyl (C=O) groups excluding carboxylic acids is 1. The van der Waals surface area contributed by atoms with Gasteiger partial charge in [0.25, 0.3) is 0 Å². The van der Waals surface area contributed by atoms with Gasteiger partial charge in [-0.1, -0.05) is 23.5 Å². The summed E-state index contributed by atoms with van der Waals surface area (Å²) in [7, 11) is 1.68. The van der Waals surface area contributed by atoms with E-state index in [1.807, 2.05) is 18.2 Å². The highest BCUT2D eigenvalue weighted by atomic mass is 32.1. The Morgan fingerprint density at radius 2 is 1.93 bits per heavy atom. The van der Waals surface area contributed by atoms with Crippen molar-refractivity contribution >= 4 is 28.2 Å². The van der Waals surface area contributed by atoms with E-state index in [2.05, 4.69) is 16.4 Å². The second kappa shape index (κ2) is 7.98. The Balaban J connectivity index is 1.38. The van der Waals surface area contributed by atoms with Crippen molar-refractivity contribution in [1.29, 1.82) is 0 Å². The zero-order chi connectivity index (χ0) is 21.3. The lowest BCUT2D eigenvalue weighted by Crippen LogP contribution is -2.31. The lowest BCUT2D eigenvalue weighted by molar-refractivity contribution is -0.137. The molecule has 2 amide bonds. The van der Waals surface area contributed by atoms with E-state index in [9.17, 15) is 18.0 Å². The molecular formula is C21H18F3N3O2S. The average Bonchev–Trinajstić information content (AvgIpc) is 3.49. The van der Waals surface area contributed by atoms with Crippen molar-refractivity contribution < 1.29 is 22.7 Å². The SMILES string of the molecule is CN(C(=O)Nc1ncc(Oc2ccc(C(F)(F)F)cc2)s1)c1cccc(C2CC2)c1. The number of rotatable bonds is 5. The first-order valence-electron chi connectivity index (χ1n) is 9.25. The van der Waals surface area contributed by atoms with Crippen LogP contribution in [0.5, 0.6) is 10.8 Å². The van der Waals surface area contributed by atoms with Gasteiger partial charge in [-0.2, -0.15) is 13.2 Å². The van der Waals surface area contributed by atoms with E-state index >= 15 is 0 Å². The number of aromatic nitrogens is 1. The highest BCUT2D eigenvalue weighted by Gasteiger charge is 2.30. The van der Waals surface area contributed by atoms with Crippen LogP contribution in [-0.2, 0) is 6.18 Å². The molecule has 0 radical (unpaired) electrons. The minimum Gasteiger partial charge on any atom is -0.445 e. The van der Waals surface area contributed by atoms with Crippen LogP contribution >= 0.6 is 11.3 Å². The Hall–Kier alpha value is -3.07. The molecule has 1 aromatic heterocycles. The van der Waals surface area contributed by atoms with E-state index in [-0.39, 0.29) is 11.8 Å². The Kier molecular flexibility index (Phi) is 5.38. The average molecular weight is 433 g/mol. The smallest absolute Gasteiger partial charge is 0.416 e. The number of nitrogens with zero attached hydrogens (tertiary/aromatic N) is 2. The van der Waals surface area contributed by atoms with Crippen molar-refractivity contribution in [3.8, 4) is 10.8 Å². The molecule has 1 fully saturated rings. The van der Waals surface area contributed by atoms with Crippen molar-refractivity contribution in [3.63, 3.8) is 0 Å². The second-order valence-electron chi connectivity index (χ2n) is 6.97. The molecule has 0 atom stereocenters. The van der Waals surface area contributed by atoms with Crippen LogP contribution in [0.4, 0.5) is 28.8 Å². The molecule has 156 valence electrons. The molecule has 1 aliphatic rings. The number of anilines is 2. The molecule has 0 aliphatic heterocycles. The molecule has 3 aromatic rings. The van der Waals surface area contributed by atoms with Crippen LogP contribution < -0.4 is 15.0 Å². The number of amides is 2. The van der Waals surface area contributed by atoms with Gasteiger partial charge in [-0.3, -0.25) is 10.2 Å². The normalized spacial score (nSPS) is 13.7. The van der Waals surface area contributed by atoms with E-state index in [4.69, 9.17) is 4.74 Å². The maximum atomic E-state index is 12.6. The number of alkyl halides is 3. The fourth-order valence-electron chi connectivity index (χ4n) is 2.89. The van der Waals surface area contributed by atoms with E-state index in [1.54, 1.807) is 7.05 Å². The molecule has 1 N–H and O–H groups in total. The zero-order valence-electron chi connectivity index (χ0n) is 15.9. The first kappa shape index (κ1) is 20.2. The van der Waals surface area contributed by atoms with Gasteiger partial charge in [-0.15, -0.1) is 0 Å². The molecule has 5 nitrogen and oxygen atoms in total. The maximum Gasteiger partial charge on any atom is 0.416 e. The number of hydrogen-bond acceptors (Lipinski definition) is 4. The molecule has 9 heteroatoms. The number of thiazole rings is 1.